The maximum absolute atomic E-state index is 14.1. The van der Waals surface area contributed by atoms with Crippen molar-refractivity contribution in [3.63, 3.8) is 0 Å². The van der Waals surface area contributed by atoms with Crippen molar-refractivity contribution in [1.82, 2.24) is 15.5 Å². The van der Waals surface area contributed by atoms with E-state index in [1.54, 1.807) is 37.1 Å². The van der Waals surface area contributed by atoms with Crippen LogP contribution in [0.3, 0.4) is 0 Å². The van der Waals surface area contributed by atoms with Crippen LogP contribution in [0.4, 0.5) is 8.78 Å². The maximum atomic E-state index is 14.1. The van der Waals surface area contributed by atoms with Gasteiger partial charge in [-0.1, -0.05) is 18.1 Å². The molecule has 0 spiro atoms. The Bertz CT molecular complexity index is 1580. The highest BCUT2D eigenvalue weighted by Crippen LogP contribution is 2.45. The van der Waals surface area contributed by atoms with E-state index in [9.17, 15) is 23.5 Å². The van der Waals surface area contributed by atoms with Gasteiger partial charge in [0.2, 0.25) is 0 Å². The third-order valence-electron chi connectivity index (χ3n) is 8.72. The summed E-state index contributed by atoms with van der Waals surface area (Å²) in [5, 5.41) is 17.7. The second kappa shape index (κ2) is 13.9. The molecule has 3 aromatic carbocycles. The predicted octanol–water partition coefficient (Wildman–Crippen LogP) is 4.49. The first kappa shape index (κ1) is 32.3. The second-order valence-corrected chi connectivity index (χ2v) is 12.2. The van der Waals surface area contributed by atoms with Crippen molar-refractivity contribution in [2.45, 2.75) is 62.8 Å². The lowest BCUT2D eigenvalue weighted by molar-refractivity contribution is 0.0630. The Labute approximate surface area is 263 Å². The average molecular weight is 616 g/mol. The molecule has 1 heterocycles. The van der Waals surface area contributed by atoms with Gasteiger partial charge in [0, 0.05) is 48.5 Å². The van der Waals surface area contributed by atoms with E-state index >= 15 is 0 Å². The van der Waals surface area contributed by atoms with Gasteiger partial charge in [-0.15, -0.1) is 6.42 Å². The number of halogens is 2. The first-order valence-corrected chi connectivity index (χ1v) is 15.3. The number of aliphatic hydroxyl groups is 1. The highest BCUT2D eigenvalue weighted by Gasteiger charge is 2.44. The van der Waals surface area contributed by atoms with Gasteiger partial charge in [-0.3, -0.25) is 9.59 Å². The minimum atomic E-state index is -1.11. The Balaban J connectivity index is 1.35. The molecule has 236 valence electrons. The molecular formula is C36H39F2N3O4. The number of benzene rings is 3. The number of nitrogens with one attached hydrogen (secondary N) is 2. The number of hydrogen-bond acceptors (Lipinski definition) is 5. The zero-order valence-electron chi connectivity index (χ0n) is 25.6. The Morgan fingerprint density at radius 2 is 1.84 bits per heavy atom. The molecule has 0 aromatic heterocycles. The van der Waals surface area contributed by atoms with Crippen LogP contribution >= 0.6 is 0 Å². The number of hydrogen-bond donors (Lipinski definition) is 3. The molecule has 2 fully saturated rings. The number of rotatable bonds is 12. The van der Waals surface area contributed by atoms with Crippen LogP contribution in [0.1, 0.15) is 68.7 Å². The predicted molar refractivity (Wildman–Crippen MR) is 168 cm³/mol. The first-order chi connectivity index (χ1) is 21.6. The topological polar surface area (TPSA) is 90.9 Å². The third kappa shape index (κ3) is 7.77. The van der Waals surface area contributed by atoms with E-state index in [4.69, 9.17) is 11.2 Å². The van der Waals surface area contributed by atoms with Crippen molar-refractivity contribution in [1.29, 1.82) is 0 Å². The van der Waals surface area contributed by atoms with Crippen LogP contribution < -0.4 is 10.6 Å². The quantitative estimate of drug-likeness (QED) is 0.262. The standard InChI is InChI=1S/C36H39F2N3O4/c1-4-24-7-5-8-28(15-24)36(10-11-36)39-21-33(42)32(18-25-16-29(37)20-30(38)17-25)40-34(43)26-13-23(2)14-27(19-26)35(44)41-12-6-9-31(41)22-45-3/h1,5,7-8,13-17,19-20,31-33,39,42H,6,9-12,18,21-22H2,2-3H3,(H,40,43)/t31-,32-,33+/m1/s1. The smallest absolute Gasteiger partial charge is 0.254 e. The molecule has 0 bridgehead atoms. The van der Waals surface area contributed by atoms with Gasteiger partial charge in [0.25, 0.3) is 11.8 Å². The van der Waals surface area contributed by atoms with E-state index in [0.29, 0.717) is 18.7 Å². The molecule has 3 atom stereocenters. The van der Waals surface area contributed by atoms with E-state index in [2.05, 4.69) is 16.6 Å². The molecule has 1 saturated carbocycles. The zero-order chi connectivity index (χ0) is 32.1. The summed E-state index contributed by atoms with van der Waals surface area (Å²) in [6, 6.07) is 14.9. The normalized spacial score (nSPS) is 18.2. The van der Waals surface area contributed by atoms with E-state index in [-0.39, 0.29) is 41.6 Å². The van der Waals surface area contributed by atoms with Crippen LogP contribution in [0.15, 0.2) is 60.7 Å². The molecule has 5 rings (SSSR count). The molecule has 3 aromatic rings. The summed E-state index contributed by atoms with van der Waals surface area (Å²) in [5.74, 6) is 0.471. The summed E-state index contributed by atoms with van der Waals surface area (Å²) in [6.45, 7) is 2.97. The molecule has 0 unspecified atom stereocenters. The highest BCUT2D eigenvalue weighted by molar-refractivity contribution is 6.00. The van der Waals surface area contributed by atoms with Crippen molar-refractivity contribution >= 4 is 11.8 Å². The number of nitrogens with zero attached hydrogens (tertiary/aromatic N) is 1. The molecule has 2 aliphatic rings. The number of terminal acetylenes is 1. The van der Waals surface area contributed by atoms with E-state index in [0.717, 1.165) is 48.4 Å². The number of carbonyl (C=O) groups is 2. The molecule has 7 nitrogen and oxygen atoms in total. The number of aliphatic hydroxyl groups excluding tert-OH is 1. The minimum absolute atomic E-state index is 0.0209. The largest absolute Gasteiger partial charge is 0.390 e. The fraction of sp³-hybridized carbons (Fsp3) is 0.389. The Morgan fingerprint density at radius 3 is 2.53 bits per heavy atom. The fourth-order valence-corrected chi connectivity index (χ4v) is 6.23. The SMILES string of the molecule is C#Cc1cccc(C2(NC[C@H](O)[C@@H](Cc3cc(F)cc(F)c3)NC(=O)c3cc(C)cc(C(=O)N4CCC[C@@H]4COC)c3)CC2)c1. The van der Waals surface area contributed by atoms with Crippen molar-refractivity contribution in [3.05, 3.63) is 106 Å². The average Bonchev–Trinajstić information content (AvgIpc) is 3.68. The van der Waals surface area contributed by atoms with E-state index < -0.39 is 29.7 Å². The lowest BCUT2D eigenvalue weighted by Crippen LogP contribution is -2.50. The summed E-state index contributed by atoms with van der Waals surface area (Å²) < 4.78 is 33.5. The summed E-state index contributed by atoms with van der Waals surface area (Å²) in [5.41, 5.74) is 3.08. The molecule has 1 saturated heterocycles. The fourth-order valence-electron chi connectivity index (χ4n) is 6.23. The molecule has 1 aliphatic carbocycles. The Hall–Kier alpha value is -4.10. The number of likely N-dealkylation sites (tertiary alicyclic amines) is 1. The van der Waals surface area contributed by atoms with Crippen LogP contribution in [0.5, 0.6) is 0 Å². The number of aryl methyl sites for hydroxylation is 1. The van der Waals surface area contributed by atoms with Gasteiger partial charge in [-0.05, 0) is 98.2 Å². The summed E-state index contributed by atoms with van der Waals surface area (Å²) in [7, 11) is 1.61. The van der Waals surface area contributed by atoms with Gasteiger partial charge in [0.15, 0.2) is 0 Å². The number of carbonyl (C=O) groups excluding carboxylic acids is 2. The van der Waals surface area contributed by atoms with E-state index in [1.165, 1.54) is 12.1 Å². The Morgan fingerprint density at radius 1 is 1.11 bits per heavy atom. The van der Waals surface area contributed by atoms with Crippen LogP contribution in [0.25, 0.3) is 0 Å². The van der Waals surface area contributed by atoms with E-state index in [1.807, 2.05) is 24.3 Å². The zero-order valence-corrected chi connectivity index (χ0v) is 25.6. The molecule has 45 heavy (non-hydrogen) atoms. The summed E-state index contributed by atoms with van der Waals surface area (Å²) in [6.07, 6.45) is 7.88. The van der Waals surface area contributed by atoms with Gasteiger partial charge in [0.1, 0.15) is 11.6 Å². The number of ether oxygens (including phenoxy) is 1. The lowest BCUT2D eigenvalue weighted by atomic mass is 9.98. The molecular weight excluding hydrogens is 576 g/mol. The van der Waals surface area contributed by atoms with Gasteiger partial charge in [-0.2, -0.15) is 0 Å². The summed E-state index contributed by atoms with van der Waals surface area (Å²) in [4.78, 5) is 28.9. The van der Waals surface area contributed by atoms with Crippen molar-refractivity contribution in [2.75, 3.05) is 26.8 Å². The van der Waals surface area contributed by atoms with Crippen LogP contribution in [0.2, 0.25) is 0 Å². The third-order valence-corrected chi connectivity index (χ3v) is 8.72. The lowest BCUT2D eigenvalue weighted by Gasteiger charge is -2.28. The minimum Gasteiger partial charge on any atom is -0.390 e. The van der Waals surface area contributed by atoms with Crippen LogP contribution in [0, 0.1) is 30.9 Å². The van der Waals surface area contributed by atoms with Gasteiger partial charge >= 0.3 is 0 Å². The molecule has 9 heteroatoms. The summed E-state index contributed by atoms with van der Waals surface area (Å²) >= 11 is 0. The van der Waals surface area contributed by atoms with Gasteiger partial charge in [-0.25, -0.2) is 8.78 Å². The number of methoxy groups -OCH3 is 1. The highest BCUT2D eigenvalue weighted by atomic mass is 19.1. The van der Waals surface area contributed by atoms with Crippen molar-refractivity contribution in [3.8, 4) is 12.3 Å². The first-order valence-electron chi connectivity index (χ1n) is 15.3. The monoisotopic (exact) mass is 615 g/mol. The molecule has 1 aliphatic heterocycles. The molecule has 2 amide bonds. The molecule has 3 N–H and O–H groups in total. The van der Waals surface area contributed by atoms with Crippen molar-refractivity contribution < 1.29 is 28.2 Å². The van der Waals surface area contributed by atoms with Crippen molar-refractivity contribution in [2.24, 2.45) is 0 Å². The maximum Gasteiger partial charge on any atom is 0.254 e. The van der Waals surface area contributed by atoms with Crippen LogP contribution in [-0.2, 0) is 16.7 Å². The number of amides is 2. The van der Waals surface area contributed by atoms with Gasteiger partial charge < -0.3 is 25.4 Å². The van der Waals surface area contributed by atoms with Crippen LogP contribution in [-0.4, -0.2) is 66.8 Å². The Kier molecular flexibility index (Phi) is 9.98. The van der Waals surface area contributed by atoms with Gasteiger partial charge in [0.05, 0.1) is 24.8 Å². The molecule has 0 radical (unpaired) electrons. The second-order valence-electron chi connectivity index (χ2n) is 12.2.